The Morgan fingerprint density at radius 1 is 1.10 bits per heavy atom. The van der Waals surface area contributed by atoms with E-state index in [0.29, 0.717) is 26.3 Å². The van der Waals surface area contributed by atoms with Gasteiger partial charge in [-0.05, 0) is 36.4 Å². The van der Waals surface area contributed by atoms with Crippen molar-refractivity contribution in [2.24, 2.45) is 0 Å². The van der Waals surface area contributed by atoms with E-state index in [1.54, 1.807) is 0 Å². The summed E-state index contributed by atoms with van der Waals surface area (Å²) in [4.78, 5) is 25.6. The molecule has 0 atom stereocenters. The second-order valence-corrected chi connectivity index (χ2v) is 8.91. The molecule has 2 aromatic carbocycles. The van der Waals surface area contributed by atoms with Crippen molar-refractivity contribution in [1.82, 2.24) is 4.90 Å². The molecular formula is C19H17Cl2FN2O6S. The second-order valence-electron chi connectivity index (χ2n) is 6.44. The van der Waals surface area contributed by atoms with Gasteiger partial charge in [-0.3, -0.25) is 9.52 Å². The van der Waals surface area contributed by atoms with Crippen LogP contribution in [0.1, 0.15) is 10.4 Å². The van der Waals surface area contributed by atoms with Crippen molar-refractivity contribution >= 4 is 50.8 Å². The monoisotopic (exact) mass is 490 g/mol. The molecule has 31 heavy (non-hydrogen) atoms. The molecule has 1 heterocycles. The van der Waals surface area contributed by atoms with E-state index in [0.717, 1.165) is 24.3 Å². The van der Waals surface area contributed by atoms with Crippen LogP contribution in [0.5, 0.6) is 0 Å². The van der Waals surface area contributed by atoms with Gasteiger partial charge in [-0.1, -0.05) is 23.2 Å². The molecule has 0 aromatic heterocycles. The van der Waals surface area contributed by atoms with Crippen LogP contribution in [0.4, 0.5) is 10.1 Å². The number of esters is 1. The van der Waals surface area contributed by atoms with E-state index in [1.165, 1.54) is 17.0 Å². The lowest BCUT2D eigenvalue weighted by Gasteiger charge is -2.26. The molecule has 0 saturated carbocycles. The molecule has 0 bridgehead atoms. The van der Waals surface area contributed by atoms with Gasteiger partial charge in [-0.15, -0.1) is 0 Å². The van der Waals surface area contributed by atoms with Gasteiger partial charge in [0.25, 0.3) is 15.9 Å². The minimum Gasteiger partial charge on any atom is -0.452 e. The number of sulfonamides is 1. The van der Waals surface area contributed by atoms with Crippen LogP contribution in [0.3, 0.4) is 0 Å². The van der Waals surface area contributed by atoms with E-state index < -0.39 is 39.2 Å². The summed E-state index contributed by atoms with van der Waals surface area (Å²) in [5.41, 5.74) is -0.187. The molecule has 1 aliphatic rings. The third kappa shape index (κ3) is 5.85. The maximum absolute atomic E-state index is 13.0. The molecule has 2 aromatic rings. The van der Waals surface area contributed by atoms with Gasteiger partial charge >= 0.3 is 5.97 Å². The lowest BCUT2D eigenvalue weighted by atomic mass is 10.2. The molecule has 1 aliphatic heterocycles. The largest absolute Gasteiger partial charge is 0.452 e. The van der Waals surface area contributed by atoms with Crippen molar-refractivity contribution in [1.29, 1.82) is 0 Å². The van der Waals surface area contributed by atoms with Crippen LogP contribution in [0, 0.1) is 5.82 Å². The Morgan fingerprint density at radius 3 is 2.39 bits per heavy atom. The van der Waals surface area contributed by atoms with Gasteiger partial charge in [0.1, 0.15) is 10.7 Å². The Bertz CT molecular complexity index is 1090. The summed E-state index contributed by atoms with van der Waals surface area (Å²) in [6.45, 7) is 1.02. The SMILES string of the molecule is O=C(OCC(=O)N1CCOCC1)c1cc(S(=O)(=O)Nc2ccc(F)cc2)c(Cl)cc1Cl. The zero-order chi connectivity index (χ0) is 22.6. The minimum atomic E-state index is -4.24. The Balaban J connectivity index is 1.77. The molecule has 12 heteroatoms. The van der Waals surface area contributed by atoms with E-state index >= 15 is 0 Å². The smallest absolute Gasteiger partial charge is 0.340 e. The Morgan fingerprint density at radius 2 is 1.74 bits per heavy atom. The van der Waals surface area contributed by atoms with Gasteiger partial charge in [0, 0.05) is 18.8 Å². The van der Waals surface area contributed by atoms with Crippen molar-refractivity contribution in [2.75, 3.05) is 37.6 Å². The topological polar surface area (TPSA) is 102 Å². The Labute approximate surface area is 187 Å². The number of anilines is 1. The number of carbonyl (C=O) groups is 2. The maximum atomic E-state index is 13.0. The van der Waals surface area contributed by atoms with Crippen LogP contribution in [0.25, 0.3) is 0 Å². The van der Waals surface area contributed by atoms with Crippen molar-refractivity contribution in [3.8, 4) is 0 Å². The summed E-state index contributed by atoms with van der Waals surface area (Å²) in [5.74, 6) is -1.93. The number of rotatable bonds is 6. The van der Waals surface area contributed by atoms with E-state index in [9.17, 15) is 22.4 Å². The summed E-state index contributed by atoms with van der Waals surface area (Å²) < 4.78 is 50.9. The number of hydrogen-bond donors (Lipinski definition) is 1. The molecule has 1 amide bonds. The third-order valence-corrected chi connectivity index (χ3v) is 6.48. The quantitative estimate of drug-likeness (QED) is 0.624. The lowest BCUT2D eigenvalue weighted by Crippen LogP contribution is -2.42. The van der Waals surface area contributed by atoms with Gasteiger partial charge in [-0.25, -0.2) is 17.6 Å². The predicted molar refractivity (Wildman–Crippen MR) is 111 cm³/mol. The lowest BCUT2D eigenvalue weighted by molar-refractivity contribution is -0.138. The first-order chi connectivity index (χ1) is 14.7. The molecule has 1 N–H and O–H groups in total. The first kappa shape index (κ1) is 23.3. The average Bonchev–Trinajstić information content (AvgIpc) is 2.73. The van der Waals surface area contributed by atoms with E-state index in [1.807, 2.05) is 0 Å². The molecule has 166 valence electrons. The first-order valence-corrected chi connectivity index (χ1v) is 11.2. The minimum absolute atomic E-state index is 0.0904. The van der Waals surface area contributed by atoms with Crippen molar-refractivity contribution < 1.29 is 31.9 Å². The summed E-state index contributed by atoms with van der Waals surface area (Å²) in [6, 6.07) is 6.65. The fourth-order valence-electron chi connectivity index (χ4n) is 2.73. The number of carbonyl (C=O) groups excluding carboxylic acids is 2. The highest BCUT2D eigenvalue weighted by Gasteiger charge is 2.25. The first-order valence-electron chi connectivity index (χ1n) is 8.97. The van der Waals surface area contributed by atoms with Crippen molar-refractivity contribution in [3.05, 3.63) is 57.8 Å². The van der Waals surface area contributed by atoms with Crippen LogP contribution in [-0.2, 0) is 24.3 Å². The third-order valence-electron chi connectivity index (χ3n) is 4.32. The number of benzene rings is 2. The maximum Gasteiger partial charge on any atom is 0.340 e. The molecule has 8 nitrogen and oxygen atoms in total. The average molecular weight is 491 g/mol. The predicted octanol–water partition coefficient (Wildman–Crippen LogP) is 2.95. The number of amides is 1. The summed E-state index contributed by atoms with van der Waals surface area (Å²) >= 11 is 12.1. The highest BCUT2D eigenvalue weighted by molar-refractivity contribution is 7.92. The number of morpholine rings is 1. The van der Waals surface area contributed by atoms with Crippen LogP contribution in [0.2, 0.25) is 10.0 Å². The number of hydrogen-bond acceptors (Lipinski definition) is 6. The van der Waals surface area contributed by atoms with Crippen molar-refractivity contribution in [2.45, 2.75) is 4.90 Å². The fourth-order valence-corrected chi connectivity index (χ4v) is 4.64. The van der Waals surface area contributed by atoms with E-state index in [4.69, 9.17) is 32.7 Å². The number of ether oxygens (including phenoxy) is 2. The molecule has 0 aliphatic carbocycles. The number of halogens is 3. The molecule has 0 unspecified atom stereocenters. The normalized spacial score (nSPS) is 14.2. The van der Waals surface area contributed by atoms with Gasteiger partial charge in [0.05, 0.1) is 28.8 Å². The van der Waals surface area contributed by atoms with Gasteiger partial charge < -0.3 is 14.4 Å². The molecular weight excluding hydrogens is 474 g/mol. The highest BCUT2D eigenvalue weighted by Crippen LogP contribution is 2.30. The standard InChI is InChI=1S/C19H17Cl2FN2O6S/c20-15-10-16(21)17(31(27,28)23-13-3-1-12(22)2-4-13)9-14(15)19(26)30-11-18(25)24-5-7-29-8-6-24/h1-4,9-10,23H,5-8,11H2. The Kier molecular flexibility index (Phi) is 7.37. The number of nitrogens with one attached hydrogen (secondary N) is 1. The van der Waals surface area contributed by atoms with E-state index in [-0.39, 0.29) is 21.3 Å². The summed E-state index contributed by atoms with van der Waals surface area (Å²) in [6.07, 6.45) is 0. The summed E-state index contributed by atoms with van der Waals surface area (Å²) in [7, 11) is -4.24. The molecule has 0 radical (unpaired) electrons. The second kappa shape index (κ2) is 9.82. The fraction of sp³-hybridized carbons (Fsp3) is 0.263. The van der Waals surface area contributed by atoms with Gasteiger partial charge in [-0.2, -0.15) is 0 Å². The van der Waals surface area contributed by atoms with Crippen LogP contribution in [-0.4, -0.2) is 58.1 Å². The van der Waals surface area contributed by atoms with E-state index in [2.05, 4.69) is 4.72 Å². The van der Waals surface area contributed by atoms with Crippen molar-refractivity contribution in [3.63, 3.8) is 0 Å². The molecule has 1 fully saturated rings. The number of nitrogens with zero attached hydrogens (tertiary/aromatic N) is 1. The van der Waals surface area contributed by atoms with Gasteiger partial charge in [0.2, 0.25) is 0 Å². The molecule has 0 spiro atoms. The van der Waals surface area contributed by atoms with Gasteiger partial charge in [0.15, 0.2) is 6.61 Å². The zero-order valence-corrected chi connectivity index (χ0v) is 18.3. The van der Waals surface area contributed by atoms with Crippen LogP contribution >= 0.6 is 23.2 Å². The Hall–Kier alpha value is -2.40. The van der Waals surface area contributed by atoms with Crippen LogP contribution < -0.4 is 4.72 Å². The zero-order valence-electron chi connectivity index (χ0n) is 15.9. The molecule has 3 rings (SSSR count). The molecule has 1 saturated heterocycles. The van der Waals surface area contributed by atoms with Crippen LogP contribution in [0.15, 0.2) is 41.3 Å². The highest BCUT2D eigenvalue weighted by atomic mass is 35.5. The summed E-state index contributed by atoms with van der Waals surface area (Å²) in [5, 5.41) is -0.380.